The fourth-order valence-corrected chi connectivity index (χ4v) is 2.73. The number of nitrogens with zero attached hydrogens (tertiary/aromatic N) is 3. The van der Waals surface area contributed by atoms with Gasteiger partial charge in [0.05, 0.1) is 6.20 Å². The maximum absolute atomic E-state index is 12.0. The number of nitrogens with one attached hydrogen (secondary N) is 1. The smallest absolute Gasteiger partial charge is 0.273 e. The van der Waals surface area contributed by atoms with Gasteiger partial charge < -0.3 is 16.0 Å². The number of likely N-dealkylation sites (N-methyl/N-ethyl adjacent to an activating group) is 1. The molecule has 7 heteroatoms. The SMILES string of the molecule is CN1CC(N)C(NCc2ccc(-n3ccncc3=O)cc2)C1=O. The summed E-state index contributed by atoms with van der Waals surface area (Å²) in [7, 11) is 1.76. The Bertz CT molecular complexity index is 756. The van der Waals surface area contributed by atoms with Crippen molar-refractivity contribution in [3.63, 3.8) is 0 Å². The van der Waals surface area contributed by atoms with Crippen molar-refractivity contribution in [2.24, 2.45) is 5.73 Å². The number of nitrogens with two attached hydrogens (primary N) is 1. The molecule has 3 rings (SSSR count). The highest BCUT2D eigenvalue weighted by atomic mass is 16.2. The first-order valence-electron chi connectivity index (χ1n) is 7.42. The molecule has 23 heavy (non-hydrogen) atoms. The van der Waals surface area contributed by atoms with Crippen LogP contribution in [-0.4, -0.2) is 46.0 Å². The Morgan fingerprint density at radius 2 is 2.04 bits per heavy atom. The fourth-order valence-electron chi connectivity index (χ4n) is 2.73. The molecule has 1 saturated heterocycles. The predicted molar refractivity (Wildman–Crippen MR) is 86.1 cm³/mol. The van der Waals surface area contributed by atoms with Crippen molar-refractivity contribution < 1.29 is 4.79 Å². The molecular weight excluding hydrogens is 294 g/mol. The Labute approximate surface area is 133 Å². The minimum Gasteiger partial charge on any atom is -0.343 e. The number of carbonyl (C=O) groups is 1. The molecule has 2 atom stereocenters. The van der Waals surface area contributed by atoms with Gasteiger partial charge in [-0.1, -0.05) is 12.1 Å². The molecule has 2 heterocycles. The number of carbonyl (C=O) groups excluding carboxylic acids is 1. The Morgan fingerprint density at radius 3 is 2.65 bits per heavy atom. The average molecular weight is 313 g/mol. The van der Waals surface area contributed by atoms with Crippen LogP contribution in [0, 0.1) is 0 Å². The zero-order valence-corrected chi connectivity index (χ0v) is 12.8. The van der Waals surface area contributed by atoms with Gasteiger partial charge in [0.2, 0.25) is 5.91 Å². The Hall–Kier alpha value is -2.51. The van der Waals surface area contributed by atoms with Crippen LogP contribution in [0.1, 0.15) is 5.56 Å². The van der Waals surface area contributed by atoms with Crippen LogP contribution in [0.15, 0.2) is 47.7 Å². The van der Waals surface area contributed by atoms with Crippen LogP contribution in [0.25, 0.3) is 5.69 Å². The average Bonchev–Trinajstić information content (AvgIpc) is 2.79. The van der Waals surface area contributed by atoms with Crippen molar-refractivity contribution in [1.82, 2.24) is 19.8 Å². The molecular formula is C16H19N5O2. The third-order valence-electron chi connectivity index (χ3n) is 4.02. The van der Waals surface area contributed by atoms with E-state index in [1.54, 1.807) is 24.3 Å². The second-order valence-corrected chi connectivity index (χ2v) is 5.69. The van der Waals surface area contributed by atoms with E-state index in [-0.39, 0.29) is 23.6 Å². The summed E-state index contributed by atoms with van der Waals surface area (Å²) in [6.45, 7) is 1.11. The fraction of sp³-hybridized carbons (Fsp3) is 0.312. The van der Waals surface area contributed by atoms with Crippen LogP contribution in [-0.2, 0) is 11.3 Å². The molecule has 7 nitrogen and oxygen atoms in total. The number of rotatable bonds is 4. The molecule has 0 saturated carbocycles. The van der Waals surface area contributed by atoms with E-state index in [0.29, 0.717) is 13.1 Å². The van der Waals surface area contributed by atoms with Gasteiger partial charge in [0.15, 0.2) is 0 Å². The second-order valence-electron chi connectivity index (χ2n) is 5.69. The molecule has 0 spiro atoms. The predicted octanol–water partition coefficient (Wildman–Crippen LogP) is -0.510. The third-order valence-corrected chi connectivity index (χ3v) is 4.02. The van der Waals surface area contributed by atoms with Gasteiger partial charge in [-0.2, -0.15) is 0 Å². The van der Waals surface area contributed by atoms with Crippen molar-refractivity contribution in [2.75, 3.05) is 13.6 Å². The van der Waals surface area contributed by atoms with Crippen LogP contribution in [0.3, 0.4) is 0 Å². The van der Waals surface area contributed by atoms with Gasteiger partial charge in [0.1, 0.15) is 6.04 Å². The summed E-state index contributed by atoms with van der Waals surface area (Å²) >= 11 is 0. The molecule has 1 amide bonds. The van der Waals surface area contributed by atoms with Crippen LogP contribution in [0.2, 0.25) is 0 Å². The van der Waals surface area contributed by atoms with Crippen molar-refractivity contribution in [3.05, 3.63) is 58.8 Å². The number of benzene rings is 1. The lowest BCUT2D eigenvalue weighted by atomic mass is 10.1. The van der Waals surface area contributed by atoms with Crippen LogP contribution >= 0.6 is 0 Å². The lowest BCUT2D eigenvalue weighted by Gasteiger charge is -2.15. The van der Waals surface area contributed by atoms with E-state index in [0.717, 1.165) is 11.3 Å². The van der Waals surface area contributed by atoms with Gasteiger partial charge in [-0.15, -0.1) is 0 Å². The zero-order valence-electron chi connectivity index (χ0n) is 12.8. The van der Waals surface area contributed by atoms with E-state index in [2.05, 4.69) is 10.3 Å². The number of aromatic nitrogens is 2. The molecule has 2 unspecified atom stereocenters. The minimum absolute atomic E-state index is 0.0254. The summed E-state index contributed by atoms with van der Waals surface area (Å²) in [4.78, 5) is 29.1. The number of hydrogen-bond donors (Lipinski definition) is 2. The molecule has 3 N–H and O–H groups in total. The van der Waals surface area contributed by atoms with Crippen molar-refractivity contribution in [2.45, 2.75) is 18.6 Å². The van der Waals surface area contributed by atoms with E-state index in [1.165, 1.54) is 10.8 Å². The highest BCUT2D eigenvalue weighted by Crippen LogP contribution is 2.11. The molecule has 1 aliphatic rings. The molecule has 0 radical (unpaired) electrons. The highest BCUT2D eigenvalue weighted by molar-refractivity contribution is 5.85. The van der Waals surface area contributed by atoms with E-state index in [4.69, 9.17) is 5.73 Å². The summed E-state index contributed by atoms with van der Waals surface area (Å²) in [6, 6.07) is 7.03. The molecule has 2 aromatic rings. The second kappa shape index (κ2) is 6.31. The lowest BCUT2D eigenvalue weighted by molar-refractivity contribution is -0.128. The van der Waals surface area contributed by atoms with Gasteiger partial charge in [-0.05, 0) is 17.7 Å². The minimum atomic E-state index is -0.345. The molecule has 1 fully saturated rings. The van der Waals surface area contributed by atoms with Crippen molar-refractivity contribution in [1.29, 1.82) is 0 Å². The molecule has 120 valence electrons. The van der Waals surface area contributed by atoms with Crippen LogP contribution in [0.5, 0.6) is 0 Å². The largest absolute Gasteiger partial charge is 0.343 e. The van der Waals surface area contributed by atoms with E-state index in [9.17, 15) is 9.59 Å². The lowest BCUT2D eigenvalue weighted by Crippen LogP contribution is -2.45. The van der Waals surface area contributed by atoms with E-state index in [1.807, 2.05) is 24.3 Å². The van der Waals surface area contributed by atoms with Gasteiger partial charge in [0, 0.05) is 44.3 Å². The quantitative estimate of drug-likeness (QED) is 0.793. The van der Waals surface area contributed by atoms with Gasteiger partial charge in [-0.25, -0.2) is 0 Å². The maximum atomic E-state index is 12.0. The normalized spacial score (nSPS) is 21.0. The zero-order chi connectivity index (χ0) is 16.4. The van der Waals surface area contributed by atoms with E-state index >= 15 is 0 Å². The summed E-state index contributed by atoms with van der Waals surface area (Å²) in [5.41, 5.74) is 7.59. The number of hydrogen-bond acceptors (Lipinski definition) is 5. The van der Waals surface area contributed by atoms with Gasteiger partial charge in [0.25, 0.3) is 5.56 Å². The first-order valence-corrected chi connectivity index (χ1v) is 7.42. The molecule has 1 aromatic heterocycles. The monoisotopic (exact) mass is 313 g/mol. The third kappa shape index (κ3) is 3.15. The van der Waals surface area contributed by atoms with Crippen molar-refractivity contribution in [3.8, 4) is 5.69 Å². The summed E-state index contributed by atoms with van der Waals surface area (Å²) in [6.07, 6.45) is 4.47. The molecule has 1 aromatic carbocycles. The topological polar surface area (TPSA) is 93.2 Å². The van der Waals surface area contributed by atoms with E-state index < -0.39 is 0 Å². The molecule has 1 aliphatic heterocycles. The molecule has 0 bridgehead atoms. The Morgan fingerprint density at radius 1 is 1.30 bits per heavy atom. The Kier molecular flexibility index (Phi) is 4.22. The number of likely N-dealkylation sites (tertiary alicyclic amines) is 1. The maximum Gasteiger partial charge on any atom is 0.273 e. The molecule has 0 aliphatic carbocycles. The number of amides is 1. The summed E-state index contributed by atoms with van der Waals surface area (Å²) in [5.74, 6) is 0.0254. The van der Waals surface area contributed by atoms with Gasteiger partial charge in [-0.3, -0.25) is 19.1 Å². The summed E-state index contributed by atoms with van der Waals surface area (Å²) < 4.78 is 1.52. The highest BCUT2D eigenvalue weighted by Gasteiger charge is 2.35. The van der Waals surface area contributed by atoms with Gasteiger partial charge >= 0.3 is 0 Å². The standard InChI is InChI=1S/C16H19N5O2/c1-20-10-13(17)15(16(20)23)19-8-11-2-4-12(5-3-11)21-7-6-18-9-14(21)22/h2-7,9,13,15,19H,8,10,17H2,1H3. The first kappa shape index (κ1) is 15.4. The first-order chi connectivity index (χ1) is 11.1. The Balaban J connectivity index is 1.68. The van der Waals surface area contributed by atoms with Crippen molar-refractivity contribution >= 4 is 5.91 Å². The summed E-state index contributed by atoms with van der Waals surface area (Å²) in [5, 5.41) is 3.20. The van der Waals surface area contributed by atoms with Crippen LogP contribution < -0.4 is 16.6 Å². The van der Waals surface area contributed by atoms with Crippen LogP contribution in [0.4, 0.5) is 0 Å².